The number of hydrogen-bond acceptors (Lipinski definition) is 2. The van der Waals surface area contributed by atoms with Crippen LogP contribution in [0, 0.1) is 6.92 Å². The molecule has 0 aliphatic carbocycles. The molecule has 0 spiro atoms. The predicted molar refractivity (Wildman–Crippen MR) is 143 cm³/mol. The first kappa shape index (κ1) is 19.5. The van der Waals surface area contributed by atoms with E-state index in [2.05, 4.69) is 115 Å². The molecule has 4 aromatic carbocycles. The van der Waals surface area contributed by atoms with E-state index in [1.807, 2.05) is 0 Å². The molecule has 0 N–H and O–H groups in total. The van der Waals surface area contributed by atoms with E-state index in [0.29, 0.717) is 0 Å². The smallest absolute Gasteiger partial charge is 0.216 e. The number of aryl methyl sites for hydroxylation is 2. The molecule has 0 radical (unpaired) electrons. The minimum absolute atomic E-state index is 0.950. The molecular formula is C31H22NOS+. The molecule has 3 heteroatoms. The largest absolute Gasteiger partial charge is 0.454 e. The summed E-state index contributed by atoms with van der Waals surface area (Å²) in [7, 11) is 2.09. The number of thiophene rings is 1. The van der Waals surface area contributed by atoms with Crippen molar-refractivity contribution in [3.05, 3.63) is 102 Å². The Labute approximate surface area is 201 Å². The Kier molecular flexibility index (Phi) is 4.18. The number of rotatable bonds is 2. The number of pyridine rings is 1. The lowest BCUT2D eigenvalue weighted by Crippen LogP contribution is -2.30. The number of para-hydroxylation sites is 1. The molecule has 3 heterocycles. The second-order valence-corrected chi connectivity index (χ2v) is 9.84. The average Bonchev–Trinajstić information content (AvgIpc) is 3.49. The van der Waals surface area contributed by atoms with Gasteiger partial charge in [-0.15, -0.1) is 11.3 Å². The van der Waals surface area contributed by atoms with Crippen molar-refractivity contribution in [1.29, 1.82) is 0 Å². The van der Waals surface area contributed by atoms with Crippen LogP contribution in [-0.4, -0.2) is 0 Å². The van der Waals surface area contributed by atoms with E-state index in [1.54, 1.807) is 11.3 Å². The average molecular weight is 457 g/mol. The number of fused-ring (bicyclic) bond motifs is 6. The first-order chi connectivity index (χ1) is 16.7. The lowest BCUT2D eigenvalue weighted by Gasteiger charge is -2.08. The molecule has 34 heavy (non-hydrogen) atoms. The van der Waals surface area contributed by atoms with Crippen molar-refractivity contribution in [2.75, 3.05) is 0 Å². The Morgan fingerprint density at radius 3 is 2.44 bits per heavy atom. The lowest BCUT2D eigenvalue weighted by atomic mass is 9.95. The quantitative estimate of drug-likeness (QED) is 0.239. The molecule has 0 saturated heterocycles. The summed E-state index contributed by atoms with van der Waals surface area (Å²) in [5.74, 6) is 0. The molecule has 3 aromatic heterocycles. The highest BCUT2D eigenvalue weighted by atomic mass is 32.1. The van der Waals surface area contributed by atoms with E-state index >= 15 is 0 Å². The summed E-state index contributed by atoms with van der Waals surface area (Å²) in [5, 5.41) is 8.35. The summed E-state index contributed by atoms with van der Waals surface area (Å²) < 4.78 is 10.3. The Morgan fingerprint density at radius 1 is 0.706 bits per heavy atom. The first-order valence-electron chi connectivity index (χ1n) is 11.5. The van der Waals surface area contributed by atoms with Crippen LogP contribution in [0.4, 0.5) is 0 Å². The van der Waals surface area contributed by atoms with Gasteiger partial charge < -0.3 is 4.42 Å². The summed E-state index contributed by atoms with van der Waals surface area (Å²) in [6.45, 7) is 2.16. The Morgan fingerprint density at radius 2 is 1.53 bits per heavy atom. The van der Waals surface area contributed by atoms with Gasteiger partial charge in [-0.05, 0) is 52.4 Å². The fraction of sp³-hybridized carbons (Fsp3) is 0.0645. The van der Waals surface area contributed by atoms with E-state index in [9.17, 15) is 0 Å². The Balaban J connectivity index is 1.59. The van der Waals surface area contributed by atoms with Crippen molar-refractivity contribution in [3.8, 4) is 22.4 Å². The van der Waals surface area contributed by atoms with Gasteiger partial charge in [0.15, 0.2) is 6.20 Å². The van der Waals surface area contributed by atoms with Crippen LogP contribution in [0.3, 0.4) is 0 Å². The van der Waals surface area contributed by atoms with Gasteiger partial charge in [0.25, 0.3) is 0 Å². The molecule has 0 atom stereocenters. The van der Waals surface area contributed by atoms with Gasteiger partial charge in [0.1, 0.15) is 18.2 Å². The Hall–Kier alpha value is -3.95. The van der Waals surface area contributed by atoms with Gasteiger partial charge in [-0.25, -0.2) is 4.57 Å². The first-order valence-corrected chi connectivity index (χ1v) is 12.4. The van der Waals surface area contributed by atoms with Gasteiger partial charge in [0.2, 0.25) is 5.69 Å². The molecule has 2 nitrogen and oxygen atoms in total. The normalized spacial score (nSPS) is 11.8. The van der Waals surface area contributed by atoms with Crippen LogP contribution in [0.25, 0.3) is 65.2 Å². The van der Waals surface area contributed by atoms with Crippen LogP contribution < -0.4 is 4.57 Å². The van der Waals surface area contributed by atoms with Crippen LogP contribution in [-0.2, 0) is 7.05 Å². The number of aromatic nitrogens is 1. The second kappa shape index (κ2) is 7.28. The van der Waals surface area contributed by atoms with Gasteiger partial charge in [-0.1, -0.05) is 54.6 Å². The molecule has 0 bridgehead atoms. The molecule has 7 rings (SSSR count). The third-order valence-corrected chi connectivity index (χ3v) is 7.88. The van der Waals surface area contributed by atoms with Crippen LogP contribution in [0.2, 0.25) is 0 Å². The lowest BCUT2D eigenvalue weighted by molar-refractivity contribution is -0.660. The van der Waals surface area contributed by atoms with E-state index in [1.165, 1.54) is 32.0 Å². The highest BCUT2D eigenvalue weighted by Crippen LogP contribution is 2.44. The zero-order valence-corrected chi connectivity index (χ0v) is 19.8. The number of furan rings is 1. The Bertz CT molecular complexity index is 1890. The summed E-state index contributed by atoms with van der Waals surface area (Å²) >= 11 is 1.81. The molecule has 0 amide bonds. The van der Waals surface area contributed by atoms with Crippen LogP contribution in [0.5, 0.6) is 0 Å². The standard InChI is InChI=1S/C31H22NOS/c1-19-13-14-24-22-10-7-11-23(29(22)33-30(24)28(19)27-12-5-6-16-32(27)2)26-18-20-8-3-4-9-21(20)31-25(26)15-17-34-31/h3-18H,1-2H3/q+1. The van der Waals surface area contributed by atoms with E-state index in [0.717, 1.165) is 38.8 Å². The third kappa shape index (κ3) is 2.71. The molecule has 0 aliphatic rings. The minimum atomic E-state index is 0.950. The molecule has 0 saturated carbocycles. The van der Waals surface area contributed by atoms with Crippen molar-refractivity contribution in [1.82, 2.24) is 0 Å². The second-order valence-electron chi connectivity index (χ2n) is 8.92. The minimum Gasteiger partial charge on any atom is -0.454 e. The van der Waals surface area contributed by atoms with Gasteiger partial charge in [-0.2, -0.15) is 0 Å². The van der Waals surface area contributed by atoms with Crippen molar-refractivity contribution in [2.24, 2.45) is 7.05 Å². The monoisotopic (exact) mass is 456 g/mol. The molecule has 162 valence electrons. The van der Waals surface area contributed by atoms with Gasteiger partial charge in [-0.3, -0.25) is 0 Å². The molecule has 0 aliphatic heterocycles. The summed E-state index contributed by atoms with van der Waals surface area (Å²) in [6.07, 6.45) is 2.09. The highest BCUT2D eigenvalue weighted by molar-refractivity contribution is 7.18. The summed E-state index contributed by atoms with van der Waals surface area (Å²) in [5.41, 5.74) is 7.78. The third-order valence-electron chi connectivity index (χ3n) is 6.94. The zero-order valence-electron chi connectivity index (χ0n) is 19.0. The summed E-state index contributed by atoms with van der Waals surface area (Å²) in [4.78, 5) is 0. The maximum absolute atomic E-state index is 6.79. The van der Waals surface area contributed by atoms with Crippen LogP contribution >= 0.6 is 11.3 Å². The summed E-state index contributed by atoms with van der Waals surface area (Å²) in [6, 6.07) is 30.5. The van der Waals surface area contributed by atoms with E-state index in [4.69, 9.17) is 4.42 Å². The van der Waals surface area contributed by atoms with Crippen molar-refractivity contribution < 1.29 is 8.98 Å². The predicted octanol–water partition coefficient (Wildman–Crippen LogP) is 8.42. The molecular weight excluding hydrogens is 434 g/mol. The van der Waals surface area contributed by atoms with Crippen LogP contribution in [0.15, 0.2) is 101 Å². The molecule has 7 aromatic rings. The van der Waals surface area contributed by atoms with Crippen LogP contribution in [0.1, 0.15) is 5.56 Å². The van der Waals surface area contributed by atoms with Gasteiger partial charge in [0, 0.05) is 38.6 Å². The fourth-order valence-electron chi connectivity index (χ4n) is 5.29. The van der Waals surface area contributed by atoms with E-state index in [-0.39, 0.29) is 0 Å². The zero-order chi connectivity index (χ0) is 22.8. The van der Waals surface area contributed by atoms with Crippen molar-refractivity contribution >= 4 is 54.1 Å². The topological polar surface area (TPSA) is 17.0 Å². The molecule has 0 fully saturated rings. The molecule has 0 unspecified atom stereocenters. The maximum atomic E-state index is 6.79. The van der Waals surface area contributed by atoms with Crippen molar-refractivity contribution in [3.63, 3.8) is 0 Å². The van der Waals surface area contributed by atoms with Gasteiger partial charge >= 0.3 is 0 Å². The maximum Gasteiger partial charge on any atom is 0.216 e. The number of hydrogen-bond donors (Lipinski definition) is 0. The SMILES string of the molecule is Cc1ccc2c(oc3c(-c4cc5ccccc5c5sccc45)cccc32)c1-c1cccc[n+]1C. The number of benzene rings is 4. The highest BCUT2D eigenvalue weighted by Gasteiger charge is 2.22. The fourth-order valence-corrected chi connectivity index (χ4v) is 6.25. The van der Waals surface area contributed by atoms with Crippen molar-refractivity contribution in [2.45, 2.75) is 6.92 Å². The van der Waals surface area contributed by atoms with Gasteiger partial charge in [0.05, 0.1) is 5.56 Å². The number of nitrogens with zero attached hydrogens (tertiary/aromatic N) is 1. The van der Waals surface area contributed by atoms with E-state index < -0.39 is 0 Å².